The predicted octanol–water partition coefficient (Wildman–Crippen LogP) is 3.75. The molecule has 0 fully saturated rings. The molecule has 0 saturated heterocycles. The summed E-state index contributed by atoms with van der Waals surface area (Å²) in [6.07, 6.45) is 0. The minimum Gasteiger partial charge on any atom is -0.497 e. The largest absolute Gasteiger partial charge is 0.497 e. The Bertz CT molecular complexity index is 562. The molecule has 1 rings (SSSR count). The summed E-state index contributed by atoms with van der Waals surface area (Å²) < 4.78 is 34.2. The van der Waals surface area contributed by atoms with Gasteiger partial charge >= 0.3 is 0 Å². The maximum absolute atomic E-state index is 12.1. The van der Waals surface area contributed by atoms with Crippen LogP contribution >= 0.6 is 23.2 Å². The van der Waals surface area contributed by atoms with Gasteiger partial charge in [0.1, 0.15) is 10.6 Å². The maximum Gasteiger partial charge on any atom is 0.298 e. The molecule has 0 N–H and O–H groups in total. The Balaban J connectivity index is 3.17. The van der Waals surface area contributed by atoms with Gasteiger partial charge in [0.2, 0.25) is 0 Å². The second kappa shape index (κ2) is 5.87. The quantitative estimate of drug-likeness (QED) is 0.790. The Morgan fingerprint density at radius 2 is 1.79 bits per heavy atom. The molecule has 1 aromatic rings. The highest BCUT2D eigenvalue weighted by atomic mass is 35.5. The molecule has 0 aliphatic rings. The highest BCUT2D eigenvalue weighted by Crippen LogP contribution is 2.35. The van der Waals surface area contributed by atoms with E-state index in [1.165, 1.54) is 19.2 Å². The van der Waals surface area contributed by atoms with Crippen molar-refractivity contribution in [1.29, 1.82) is 0 Å². The molecule has 1 aromatic carbocycles. The minimum absolute atomic E-state index is 0.0422. The molecule has 0 amide bonds. The van der Waals surface area contributed by atoms with Gasteiger partial charge in [-0.05, 0) is 5.41 Å². The van der Waals surface area contributed by atoms with Crippen LogP contribution in [0.5, 0.6) is 5.75 Å². The summed E-state index contributed by atoms with van der Waals surface area (Å²) in [5.74, 6) is 0.298. The van der Waals surface area contributed by atoms with Crippen LogP contribution in [0.15, 0.2) is 17.0 Å². The van der Waals surface area contributed by atoms with Crippen molar-refractivity contribution in [1.82, 2.24) is 0 Å². The molecule has 0 unspecified atom stereocenters. The van der Waals surface area contributed by atoms with Gasteiger partial charge in [-0.1, -0.05) is 44.0 Å². The van der Waals surface area contributed by atoms with E-state index < -0.39 is 10.1 Å². The summed E-state index contributed by atoms with van der Waals surface area (Å²) >= 11 is 11.8. The number of hydrogen-bond donors (Lipinski definition) is 0. The van der Waals surface area contributed by atoms with Gasteiger partial charge in [-0.3, -0.25) is 4.18 Å². The predicted molar refractivity (Wildman–Crippen MR) is 75.6 cm³/mol. The van der Waals surface area contributed by atoms with E-state index in [1.807, 2.05) is 20.8 Å². The summed E-state index contributed by atoms with van der Waals surface area (Å²) in [6.45, 7) is 5.63. The molecule has 0 saturated carbocycles. The van der Waals surface area contributed by atoms with E-state index in [9.17, 15) is 8.42 Å². The van der Waals surface area contributed by atoms with Gasteiger partial charge in [0.05, 0.1) is 23.8 Å². The number of halogens is 2. The summed E-state index contributed by atoms with van der Waals surface area (Å²) in [6, 6.07) is 2.72. The molecule has 0 spiro atoms. The Morgan fingerprint density at radius 3 is 2.26 bits per heavy atom. The third-order valence-corrected chi connectivity index (χ3v) is 4.32. The Labute approximate surface area is 123 Å². The zero-order valence-corrected chi connectivity index (χ0v) is 13.5. The van der Waals surface area contributed by atoms with Crippen LogP contribution in [0.3, 0.4) is 0 Å². The second-order valence-electron chi connectivity index (χ2n) is 5.20. The van der Waals surface area contributed by atoms with E-state index in [2.05, 4.69) is 0 Å². The zero-order valence-electron chi connectivity index (χ0n) is 11.2. The molecule has 0 aliphatic carbocycles. The van der Waals surface area contributed by atoms with Crippen molar-refractivity contribution in [2.24, 2.45) is 5.41 Å². The summed E-state index contributed by atoms with van der Waals surface area (Å²) in [4.78, 5) is -0.192. The number of methoxy groups -OCH3 is 1. The van der Waals surface area contributed by atoms with Gasteiger partial charge in [0, 0.05) is 12.1 Å². The van der Waals surface area contributed by atoms with Crippen molar-refractivity contribution in [2.45, 2.75) is 25.7 Å². The summed E-state index contributed by atoms with van der Waals surface area (Å²) in [7, 11) is -2.57. The van der Waals surface area contributed by atoms with Crippen molar-refractivity contribution in [2.75, 3.05) is 13.7 Å². The highest BCUT2D eigenvalue weighted by molar-refractivity contribution is 7.86. The molecule has 0 aliphatic heterocycles. The van der Waals surface area contributed by atoms with E-state index in [0.29, 0.717) is 5.75 Å². The van der Waals surface area contributed by atoms with Crippen LogP contribution < -0.4 is 4.74 Å². The van der Waals surface area contributed by atoms with Crippen LogP contribution in [0.2, 0.25) is 10.0 Å². The molecule has 4 nitrogen and oxygen atoms in total. The van der Waals surface area contributed by atoms with Crippen molar-refractivity contribution in [3.63, 3.8) is 0 Å². The van der Waals surface area contributed by atoms with E-state index in [1.54, 1.807) is 0 Å². The van der Waals surface area contributed by atoms with Gasteiger partial charge in [0.25, 0.3) is 10.1 Å². The minimum atomic E-state index is -3.98. The Morgan fingerprint density at radius 1 is 1.21 bits per heavy atom. The molecule has 0 atom stereocenters. The average Bonchev–Trinajstić information content (AvgIpc) is 2.29. The highest BCUT2D eigenvalue weighted by Gasteiger charge is 2.24. The normalized spacial score (nSPS) is 12.5. The lowest BCUT2D eigenvalue weighted by molar-refractivity contribution is 0.203. The van der Waals surface area contributed by atoms with Crippen LogP contribution in [0.4, 0.5) is 0 Å². The molecule has 7 heteroatoms. The molecular weight excluding hydrogens is 311 g/mol. The van der Waals surface area contributed by atoms with E-state index >= 15 is 0 Å². The molecule has 19 heavy (non-hydrogen) atoms. The van der Waals surface area contributed by atoms with Gasteiger partial charge < -0.3 is 4.74 Å². The first kappa shape index (κ1) is 16.6. The Kier molecular flexibility index (Phi) is 5.12. The van der Waals surface area contributed by atoms with Crippen LogP contribution in [-0.4, -0.2) is 22.1 Å². The lowest BCUT2D eigenvalue weighted by Crippen LogP contribution is -2.19. The first-order chi connectivity index (χ1) is 8.57. The van der Waals surface area contributed by atoms with Crippen molar-refractivity contribution < 1.29 is 17.3 Å². The first-order valence-electron chi connectivity index (χ1n) is 5.49. The smallest absolute Gasteiger partial charge is 0.298 e. The van der Waals surface area contributed by atoms with Crippen LogP contribution in [-0.2, 0) is 14.3 Å². The third-order valence-electron chi connectivity index (χ3n) is 2.12. The molecule has 0 radical (unpaired) electrons. The number of benzene rings is 1. The maximum atomic E-state index is 12.1. The Hall–Kier alpha value is -0.490. The number of hydrogen-bond acceptors (Lipinski definition) is 4. The third kappa shape index (κ3) is 4.53. The van der Waals surface area contributed by atoms with Gasteiger partial charge in [-0.25, -0.2) is 0 Å². The standard InChI is InChI=1S/C12H16Cl2O4S/c1-12(2,3)7-18-19(15,16)10-6-8(17-4)5-9(13)11(10)14/h5-6H,7H2,1-4H3. The fraction of sp³-hybridized carbons (Fsp3) is 0.500. The topological polar surface area (TPSA) is 52.6 Å². The lowest BCUT2D eigenvalue weighted by atomic mass is 9.99. The summed E-state index contributed by atoms with van der Waals surface area (Å²) in [5.41, 5.74) is -0.289. The second-order valence-corrected chi connectivity index (χ2v) is 7.57. The summed E-state index contributed by atoms with van der Waals surface area (Å²) in [5, 5.41) is 0.0235. The number of rotatable bonds is 4. The van der Waals surface area contributed by atoms with E-state index in [0.717, 1.165) is 0 Å². The molecule has 0 aromatic heterocycles. The van der Waals surface area contributed by atoms with Crippen molar-refractivity contribution in [3.8, 4) is 5.75 Å². The van der Waals surface area contributed by atoms with Crippen LogP contribution in [0.1, 0.15) is 20.8 Å². The van der Waals surface area contributed by atoms with E-state index in [4.69, 9.17) is 32.1 Å². The van der Waals surface area contributed by atoms with Gasteiger partial charge in [-0.15, -0.1) is 0 Å². The van der Waals surface area contributed by atoms with Gasteiger partial charge in [-0.2, -0.15) is 8.42 Å². The van der Waals surface area contributed by atoms with Crippen LogP contribution in [0, 0.1) is 5.41 Å². The fourth-order valence-electron chi connectivity index (χ4n) is 1.16. The van der Waals surface area contributed by atoms with Crippen LogP contribution in [0.25, 0.3) is 0 Å². The fourth-order valence-corrected chi connectivity index (χ4v) is 3.04. The zero-order chi connectivity index (χ0) is 14.8. The SMILES string of the molecule is COc1cc(Cl)c(Cl)c(S(=O)(=O)OCC(C)(C)C)c1. The molecule has 108 valence electrons. The van der Waals surface area contributed by atoms with Crippen molar-refractivity contribution in [3.05, 3.63) is 22.2 Å². The van der Waals surface area contributed by atoms with Gasteiger partial charge in [0.15, 0.2) is 0 Å². The monoisotopic (exact) mass is 326 g/mol. The first-order valence-corrected chi connectivity index (χ1v) is 7.66. The van der Waals surface area contributed by atoms with E-state index in [-0.39, 0.29) is 27.0 Å². The lowest BCUT2D eigenvalue weighted by Gasteiger charge is -2.18. The number of ether oxygens (including phenoxy) is 1. The average molecular weight is 327 g/mol. The molecule has 0 bridgehead atoms. The van der Waals surface area contributed by atoms with Crippen molar-refractivity contribution >= 4 is 33.3 Å². The molecule has 0 heterocycles. The molecular formula is C12H16Cl2O4S.